The molecule has 2 aromatic carbocycles. The maximum absolute atomic E-state index is 13.2. The number of thioether (sulfide) groups is 1. The average Bonchev–Trinajstić information content (AvgIpc) is 3.39. The van der Waals surface area contributed by atoms with Crippen LogP contribution in [0.3, 0.4) is 0 Å². The van der Waals surface area contributed by atoms with Crippen molar-refractivity contribution < 1.29 is 33.8 Å². The number of carbonyl (C=O) groups is 4. The van der Waals surface area contributed by atoms with Crippen molar-refractivity contribution in [2.75, 3.05) is 19.0 Å². The van der Waals surface area contributed by atoms with Crippen molar-refractivity contribution in [3.05, 3.63) is 59.7 Å². The average molecular weight is 499 g/mol. The molecule has 184 valence electrons. The standard InChI is InChI=1S/C25H26N2O7S/c1-3-33-24(31)21(22(28)27-14(2)35-13-20(27)23(29)30)26-25(32)34-12-19-17-10-6-4-8-15(17)16-9-5-7-11-18(16)19/h4-11,14,19-21H,3,12-13H2,1-2H3,(H,26,32)(H,29,30). The molecule has 1 heterocycles. The van der Waals surface area contributed by atoms with Crippen LogP contribution in [0.4, 0.5) is 4.79 Å². The Hall–Kier alpha value is -3.53. The van der Waals surface area contributed by atoms with E-state index in [4.69, 9.17) is 9.47 Å². The van der Waals surface area contributed by atoms with Crippen molar-refractivity contribution in [3.8, 4) is 11.1 Å². The number of fused-ring (bicyclic) bond motifs is 3. The lowest BCUT2D eigenvalue weighted by atomic mass is 9.98. The van der Waals surface area contributed by atoms with Gasteiger partial charge >= 0.3 is 18.0 Å². The summed E-state index contributed by atoms with van der Waals surface area (Å²) in [6.45, 7) is 3.22. The van der Waals surface area contributed by atoms with Crippen molar-refractivity contribution in [2.24, 2.45) is 0 Å². The highest BCUT2D eigenvalue weighted by molar-refractivity contribution is 8.00. The molecule has 1 aliphatic heterocycles. The van der Waals surface area contributed by atoms with Crippen molar-refractivity contribution in [3.63, 3.8) is 0 Å². The summed E-state index contributed by atoms with van der Waals surface area (Å²) in [4.78, 5) is 51.2. The number of benzene rings is 2. The lowest BCUT2D eigenvalue weighted by Gasteiger charge is -2.28. The molecule has 0 saturated carbocycles. The van der Waals surface area contributed by atoms with Gasteiger partial charge in [0.1, 0.15) is 12.6 Å². The maximum Gasteiger partial charge on any atom is 0.408 e. The Balaban J connectivity index is 1.49. The number of hydrogen-bond donors (Lipinski definition) is 2. The zero-order chi connectivity index (χ0) is 25.1. The summed E-state index contributed by atoms with van der Waals surface area (Å²) in [5, 5.41) is 11.3. The van der Waals surface area contributed by atoms with Crippen LogP contribution in [0.5, 0.6) is 0 Å². The molecule has 0 spiro atoms. The largest absolute Gasteiger partial charge is 0.480 e. The van der Waals surface area contributed by atoms with E-state index >= 15 is 0 Å². The molecule has 4 rings (SSSR count). The predicted molar refractivity (Wildman–Crippen MR) is 129 cm³/mol. The van der Waals surface area contributed by atoms with E-state index in [1.165, 1.54) is 11.8 Å². The number of amides is 2. The van der Waals surface area contributed by atoms with E-state index in [-0.39, 0.29) is 24.9 Å². The van der Waals surface area contributed by atoms with Crippen LogP contribution in [-0.4, -0.2) is 70.4 Å². The van der Waals surface area contributed by atoms with Crippen LogP contribution in [0.1, 0.15) is 30.9 Å². The second kappa shape index (κ2) is 10.4. The highest BCUT2D eigenvalue weighted by atomic mass is 32.2. The molecular formula is C25H26N2O7S. The monoisotopic (exact) mass is 498 g/mol. The van der Waals surface area contributed by atoms with Crippen molar-refractivity contribution >= 4 is 35.7 Å². The molecule has 1 saturated heterocycles. The lowest BCUT2D eigenvalue weighted by Crippen LogP contribution is -2.57. The van der Waals surface area contributed by atoms with Crippen LogP contribution in [-0.2, 0) is 23.9 Å². The molecule has 3 atom stereocenters. The molecule has 2 amide bonds. The molecule has 0 radical (unpaired) electrons. The van der Waals surface area contributed by atoms with Crippen molar-refractivity contribution in [2.45, 2.75) is 37.2 Å². The third-order valence-electron chi connectivity index (χ3n) is 6.14. The summed E-state index contributed by atoms with van der Waals surface area (Å²) >= 11 is 1.27. The third kappa shape index (κ3) is 4.84. The fraction of sp³-hybridized carbons (Fsp3) is 0.360. The zero-order valence-electron chi connectivity index (χ0n) is 19.3. The van der Waals surface area contributed by atoms with E-state index in [1.807, 2.05) is 48.5 Å². The predicted octanol–water partition coefficient (Wildman–Crippen LogP) is 2.83. The lowest BCUT2D eigenvalue weighted by molar-refractivity contribution is -0.157. The molecule has 35 heavy (non-hydrogen) atoms. The van der Waals surface area contributed by atoms with E-state index < -0.39 is 41.4 Å². The van der Waals surface area contributed by atoms with Crippen molar-refractivity contribution in [1.82, 2.24) is 10.2 Å². The fourth-order valence-corrected chi connectivity index (χ4v) is 5.70. The summed E-state index contributed by atoms with van der Waals surface area (Å²) in [6, 6.07) is 12.9. The number of carboxylic acids is 1. The van der Waals surface area contributed by atoms with Gasteiger partial charge in [0, 0.05) is 11.7 Å². The number of ether oxygens (including phenoxy) is 2. The first-order valence-corrected chi connectivity index (χ1v) is 12.3. The van der Waals surface area contributed by atoms with Gasteiger partial charge in [0.2, 0.25) is 6.04 Å². The number of alkyl carbamates (subject to hydrolysis) is 1. The van der Waals surface area contributed by atoms with Crippen LogP contribution in [0.2, 0.25) is 0 Å². The van der Waals surface area contributed by atoms with Gasteiger partial charge in [-0.15, -0.1) is 11.8 Å². The van der Waals surface area contributed by atoms with Crippen LogP contribution < -0.4 is 5.32 Å². The Morgan fingerprint density at radius 1 is 1.06 bits per heavy atom. The van der Waals surface area contributed by atoms with Gasteiger partial charge in [-0.25, -0.2) is 14.4 Å². The number of esters is 1. The summed E-state index contributed by atoms with van der Waals surface area (Å²) < 4.78 is 10.4. The molecule has 2 N–H and O–H groups in total. The molecule has 0 aromatic heterocycles. The first-order chi connectivity index (χ1) is 16.8. The summed E-state index contributed by atoms with van der Waals surface area (Å²) in [6.07, 6.45) is -0.968. The second-order valence-electron chi connectivity index (χ2n) is 8.19. The Morgan fingerprint density at radius 2 is 1.66 bits per heavy atom. The zero-order valence-corrected chi connectivity index (χ0v) is 20.1. The first-order valence-electron chi connectivity index (χ1n) is 11.3. The minimum Gasteiger partial charge on any atom is -0.480 e. The molecule has 3 unspecified atom stereocenters. The maximum atomic E-state index is 13.2. The molecule has 10 heteroatoms. The van der Waals surface area contributed by atoms with Gasteiger partial charge in [0.15, 0.2) is 0 Å². The summed E-state index contributed by atoms with van der Waals surface area (Å²) in [5.74, 6) is -3.01. The normalized spacial score (nSPS) is 19.4. The van der Waals surface area contributed by atoms with E-state index in [9.17, 15) is 24.3 Å². The molecule has 2 aromatic rings. The Kier molecular flexibility index (Phi) is 7.30. The van der Waals surface area contributed by atoms with E-state index in [0.717, 1.165) is 27.2 Å². The molecule has 2 aliphatic rings. The number of aliphatic carboxylic acids is 1. The molecule has 1 fully saturated rings. The minimum atomic E-state index is -1.71. The third-order valence-corrected chi connectivity index (χ3v) is 7.36. The Bertz CT molecular complexity index is 1110. The van der Waals surface area contributed by atoms with E-state index in [2.05, 4.69) is 5.32 Å². The molecule has 9 nitrogen and oxygen atoms in total. The van der Waals surface area contributed by atoms with Gasteiger partial charge in [-0.2, -0.15) is 0 Å². The second-order valence-corrected chi connectivity index (χ2v) is 9.54. The van der Waals surface area contributed by atoms with Crippen molar-refractivity contribution in [1.29, 1.82) is 0 Å². The molecular weight excluding hydrogens is 472 g/mol. The number of carbonyl (C=O) groups excluding carboxylic acids is 3. The van der Waals surface area contributed by atoms with Crippen LogP contribution in [0.15, 0.2) is 48.5 Å². The number of rotatable bonds is 7. The topological polar surface area (TPSA) is 122 Å². The quantitative estimate of drug-likeness (QED) is 0.441. The minimum absolute atomic E-state index is 0.00266. The van der Waals surface area contributed by atoms with Gasteiger partial charge in [-0.05, 0) is 36.1 Å². The first kappa shape index (κ1) is 24.6. The Labute approximate surface area is 206 Å². The summed E-state index contributed by atoms with van der Waals surface area (Å²) in [5.41, 5.74) is 4.17. The van der Waals surface area contributed by atoms with Gasteiger partial charge in [-0.1, -0.05) is 48.5 Å². The van der Waals surface area contributed by atoms with Crippen LogP contribution >= 0.6 is 11.8 Å². The molecule has 0 bridgehead atoms. The van der Waals surface area contributed by atoms with Gasteiger partial charge < -0.3 is 19.5 Å². The number of hydrogen-bond acceptors (Lipinski definition) is 7. The molecule has 1 aliphatic carbocycles. The summed E-state index contributed by atoms with van der Waals surface area (Å²) in [7, 11) is 0. The van der Waals surface area contributed by atoms with Crippen LogP contribution in [0.25, 0.3) is 11.1 Å². The van der Waals surface area contributed by atoms with Gasteiger partial charge in [0.25, 0.3) is 5.91 Å². The fourth-order valence-electron chi connectivity index (χ4n) is 4.52. The smallest absolute Gasteiger partial charge is 0.408 e. The van der Waals surface area contributed by atoms with Gasteiger partial charge in [-0.3, -0.25) is 10.1 Å². The SMILES string of the molecule is CCOC(=O)C(NC(=O)OCC1c2ccccc2-c2ccccc21)C(=O)N1C(C)SCC1C(=O)O. The highest BCUT2D eigenvalue weighted by Crippen LogP contribution is 2.44. The van der Waals surface area contributed by atoms with E-state index in [0.29, 0.717) is 0 Å². The number of nitrogens with zero attached hydrogens (tertiary/aromatic N) is 1. The number of carboxylic acid groups (broad SMARTS) is 1. The van der Waals surface area contributed by atoms with Gasteiger partial charge in [0.05, 0.1) is 12.0 Å². The highest BCUT2D eigenvalue weighted by Gasteiger charge is 2.45. The van der Waals surface area contributed by atoms with Crippen LogP contribution in [0, 0.1) is 0 Å². The Morgan fingerprint density at radius 3 is 2.23 bits per heavy atom. The number of nitrogens with one attached hydrogen (secondary N) is 1. The van der Waals surface area contributed by atoms with E-state index in [1.54, 1.807) is 13.8 Å².